The molecule has 0 aromatic heterocycles. The first-order valence-electron chi connectivity index (χ1n) is 9.48. The van der Waals surface area contributed by atoms with Gasteiger partial charge in [0.1, 0.15) is 12.4 Å². The van der Waals surface area contributed by atoms with Crippen LogP contribution in [0, 0.1) is 13.8 Å². The first kappa shape index (κ1) is 21.3. The van der Waals surface area contributed by atoms with E-state index >= 15 is 0 Å². The van der Waals surface area contributed by atoms with Gasteiger partial charge >= 0.3 is 0 Å². The summed E-state index contributed by atoms with van der Waals surface area (Å²) in [6.45, 7) is 7.64. The predicted molar refractivity (Wildman–Crippen MR) is 115 cm³/mol. The van der Waals surface area contributed by atoms with Crippen molar-refractivity contribution in [2.45, 2.75) is 27.2 Å². The summed E-state index contributed by atoms with van der Waals surface area (Å²) in [7, 11) is 1.75. The third kappa shape index (κ3) is 7.70. The summed E-state index contributed by atoms with van der Waals surface area (Å²) in [6.07, 6.45) is 0.940. The molecule has 2 aromatic carbocycles. The van der Waals surface area contributed by atoms with Crippen LogP contribution in [0.25, 0.3) is 0 Å². The lowest BCUT2D eigenvalue weighted by atomic mass is 10.1. The highest BCUT2D eigenvalue weighted by atomic mass is 16.5. The van der Waals surface area contributed by atoms with E-state index in [4.69, 9.17) is 4.74 Å². The summed E-state index contributed by atoms with van der Waals surface area (Å²) in [4.78, 5) is 15.4. The second-order valence-electron chi connectivity index (χ2n) is 6.73. The van der Waals surface area contributed by atoms with Crippen molar-refractivity contribution in [2.75, 3.05) is 32.1 Å². The molecule has 6 heteroatoms. The maximum absolute atomic E-state index is 11.1. The molecular formula is C22H30N4O2. The number of anilines is 1. The Morgan fingerprint density at radius 1 is 1.04 bits per heavy atom. The van der Waals surface area contributed by atoms with Crippen molar-refractivity contribution < 1.29 is 9.53 Å². The molecule has 2 aromatic rings. The fourth-order valence-corrected chi connectivity index (χ4v) is 2.96. The molecule has 28 heavy (non-hydrogen) atoms. The number of aliphatic imine (C=N–C) groups is 1. The van der Waals surface area contributed by atoms with Gasteiger partial charge in [-0.1, -0.05) is 35.4 Å². The molecule has 0 aliphatic carbocycles. The molecule has 0 heterocycles. The van der Waals surface area contributed by atoms with E-state index < -0.39 is 0 Å². The van der Waals surface area contributed by atoms with Gasteiger partial charge in [-0.2, -0.15) is 0 Å². The number of aryl methyl sites for hydroxylation is 2. The Balaban J connectivity index is 1.70. The average Bonchev–Trinajstić information content (AvgIpc) is 2.62. The minimum Gasteiger partial charge on any atom is -0.492 e. The quantitative estimate of drug-likeness (QED) is 0.373. The number of nitrogens with zero attached hydrogens (tertiary/aromatic N) is 1. The van der Waals surface area contributed by atoms with Gasteiger partial charge in [0, 0.05) is 32.3 Å². The lowest BCUT2D eigenvalue weighted by Crippen LogP contribution is -2.40. The van der Waals surface area contributed by atoms with Crippen LogP contribution in [0.2, 0.25) is 0 Å². The van der Waals surface area contributed by atoms with E-state index in [-0.39, 0.29) is 5.91 Å². The average molecular weight is 383 g/mol. The Bertz CT molecular complexity index is 798. The second-order valence-corrected chi connectivity index (χ2v) is 6.73. The van der Waals surface area contributed by atoms with E-state index in [1.807, 2.05) is 18.2 Å². The first-order valence-corrected chi connectivity index (χ1v) is 9.48. The lowest BCUT2D eigenvalue weighted by molar-refractivity contribution is -0.114. The van der Waals surface area contributed by atoms with E-state index in [1.165, 1.54) is 23.6 Å². The molecule has 0 fully saturated rings. The maximum Gasteiger partial charge on any atom is 0.221 e. The third-order valence-electron chi connectivity index (χ3n) is 4.03. The monoisotopic (exact) mass is 382 g/mol. The molecule has 0 saturated heterocycles. The minimum atomic E-state index is -0.102. The standard InChI is InChI=1S/C22H30N4O2/c1-16-12-17(2)14-19(13-16)8-9-24-22(23-4)25-10-11-28-21-7-5-6-20(15-21)26-18(3)27/h5-7,12-15H,8-11H2,1-4H3,(H,26,27)(H2,23,24,25). The number of carbonyl (C=O) groups excluding carboxylic acids is 1. The number of guanidine groups is 1. The summed E-state index contributed by atoms with van der Waals surface area (Å²) in [6, 6.07) is 14.0. The number of hydrogen-bond acceptors (Lipinski definition) is 3. The van der Waals surface area contributed by atoms with Crippen LogP contribution in [0.4, 0.5) is 5.69 Å². The molecule has 0 spiro atoms. The molecule has 0 saturated carbocycles. The molecule has 0 unspecified atom stereocenters. The number of carbonyl (C=O) groups is 1. The highest BCUT2D eigenvalue weighted by Crippen LogP contribution is 2.17. The smallest absolute Gasteiger partial charge is 0.221 e. The van der Waals surface area contributed by atoms with Gasteiger partial charge in [0.25, 0.3) is 0 Å². The molecule has 150 valence electrons. The van der Waals surface area contributed by atoms with Crippen LogP contribution >= 0.6 is 0 Å². The van der Waals surface area contributed by atoms with Gasteiger partial charge in [0.2, 0.25) is 5.91 Å². The minimum absolute atomic E-state index is 0.102. The van der Waals surface area contributed by atoms with Crippen molar-refractivity contribution in [1.29, 1.82) is 0 Å². The number of rotatable bonds is 8. The molecular weight excluding hydrogens is 352 g/mol. The molecule has 2 rings (SSSR count). The van der Waals surface area contributed by atoms with E-state index in [2.05, 4.69) is 53.0 Å². The molecule has 0 aliphatic rings. The molecule has 1 amide bonds. The van der Waals surface area contributed by atoms with Crippen molar-refractivity contribution in [1.82, 2.24) is 10.6 Å². The SMILES string of the molecule is CN=C(NCCOc1cccc(NC(C)=O)c1)NCCc1cc(C)cc(C)c1. The zero-order valence-electron chi connectivity index (χ0n) is 17.1. The fourth-order valence-electron chi connectivity index (χ4n) is 2.96. The van der Waals surface area contributed by atoms with Crippen molar-refractivity contribution in [2.24, 2.45) is 4.99 Å². The van der Waals surface area contributed by atoms with E-state index in [0.717, 1.165) is 24.6 Å². The highest BCUT2D eigenvalue weighted by Gasteiger charge is 2.01. The molecule has 6 nitrogen and oxygen atoms in total. The van der Waals surface area contributed by atoms with E-state index in [0.29, 0.717) is 18.9 Å². The zero-order valence-corrected chi connectivity index (χ0v) is 17.1. The fraction of sp³-hybridized carbons (Fsp3) is 0.364. The zero-order chi connectivity index (χ0) is 20.4. The van der Waals surface area contributed by atoms with Gasteiger partial charge < -0.3 is 20.7 Å². The Morgan fingerprint density at radius 3 is 2.43 bits per heavy atom. The summed E-state index contributed by atoms with van der Waals surface area (Å²) >= 11 is 0. The number of hydrogen-bond donors (Lipinski definition) is 3. The van der Waals surface area contributed by atoms with Gasteiger partial charge in [-0.25, -0.2) is 0 Å². The van der Waals surface area contributed by atoms with Crippen molar-refractivity contribution >= 4 is 17.6 Å². The Labute approximate surface area is 167 Å². The van der Waals surface area contributed by atoms with Crippen molar-refractivity contribution in [3.63, 3.8) is 0 Å². The summed E-state index contributed by atoms with van der Waals surface area (Å²) in [5, 5.41) is 9.30. The third-order valence-corrected chi connectivity index (χ3v) is 4.03. The Kier molecular flexibility index (Phi) is 8.34. The molecule has 0 bridgehead atoms. The summed E-state index contributed by atoms with van der Waals surface area (Å²) < 4.78 is 5.73. The predicted octanol–water partition coefficient (Wildman–Crippen LogP) is 3.05. The van der Waals surface area contributed by atoms with Gasteiger partial charge in [-0.05, 0) is 38.0 Å². The summed E-state index contributed by atoms with van der Waals surface area (Å²) in [5.41, 5.74) is 4.62. The number of benzene rings is 2. The van der Waals surface area contributed by atoms with Crippen LogP contribution in [0.5, 0.6) is 5.75 Å². The van der Waals surface area contributed by atoms with Gasteiger partial charge in [0.05, 0.1) is 6.54 Å². The van der Waals surface area contributed by atoms with Gasteiger partial charge in [-0.15, -0.1) is 0 Å². The van der Waals surface area contributed by atoms with E-state index in [9.17, 15) is 4.79 Å². The number of amides is 1. The maximum atomic E-state index is 11.1. The highest BCUT2D eigenvalue weighted by molar-refractivity contribution is 5.88. The van der Waals surface area contributed by atoms with Crippen LogP contribution in [0.15, 0.2) is 47.5 Å². The number of ether oxygens (including phenoxy) is 1. The van der Waals surface area contributed by atoms with Crippen LogP contribution in [0.1, 0.15) is 23.6 Å². The Hall–Kier alpha value is -3.02. The van der Waals surface area contributed by atoms with Crippen molar-refractivity contribution in [3.8, 4) is 5.75 Å². The summed E-state index contributed by atoms with van der Waals surface area (Å²) in [5.74, 6) is 1.36. The van der Waals surface area contributed by atoms with Crippen LogP contribution in [-0.2, 0) is 11.2 Å². The molecule has 0 radical (unpaired) electrons. The van der Waals surface area contributed by atoms with Crippen molar-refractivity contribution in [3.05, 3.63) is 59.2 Å². The molecule has 3 N–H and O–H groups in total. The lowest BCUT2D eigenvalue weighted by Gasteiger charge is -2.13. The topological polar surface area (TPSA) is 74.8 Å². The van der Waals surface area contributed by atoms with E-state index in [1.54, 1.807) is 13.1 Å². The normalized spacial score (nSPS) is 11.1. The van der Waals surface area contributed by atoms with Gasteiger partial charge in [0.15, 0.2) is 5.96 Å². The molecule has 0 atom stereocenters. The first-order chi connectivity index (χ1) is 13.5. The van der Waals surface area contributed by atoms with Crippen LogP contribution in [0.3, 0.4) is 0 Å². The van der Waals surface area contributed by atoms with Crippen LogP contribution < -0.4 is 20.7 Å². The molecule has 0 aliphatic heterocycles. The largest absolute Gasteiger partial charge is 0.492 e. The second kappa shape index (κ2) is 11.0. The van der Waals surface area contributed by atoms with Gasteiger partial charge in [-0.3, -0.25) is 9.79 Å². The Morgan fingerprint density at radius 2 is 1.75 bits per heavy atom. The van der Waals surface area contributed by atoms with Crippen LogP contribution in [-0.4, -0.2) is 38.6 Å². The number of nitrogens with one attached hydrogen (secondary N) is 3.